The van der Waals surface area contributed by atoms with E-state index in [1.54, 1.807) is 0 Å². The topological polar surface area (TPSA) is 64.6 Å². The van der Waals surface area contributed by atoms with Gasteiger partial charge in [0, 0.05) is 25.7 Å². The smallest absolute Gasteiger partial charge is 0.237 e. The Morgan fingerprint density at radius 3 is 2.73 bits per heavy atom. The normalized spacial score (nSPS) is 33.6. The molecule has 0 aromatic heterocycles. The molecule has 3 unspecified atom stereocenters. The molecule has 22 heavy (non-hydrogen) atoms. The molecule has 0 aromatic carbocycles. The fourth-order valence-corrected chi connectivity index (χ4v) is 4.30. The van der Waals surface area contributed by atoms with Crippen LogP contribution in [0.5, 0.6) is 0 Å². The zero-order chi connectivity index (χ0) is 15.4. The van der Waals surface area contributed by atoms with Crippen LogP contribution in [-0.4, -0.2) is 60.3 Å². The van der Waals surface area contributed by atoms with Gasteiger partial charge in [0.15, 0.2) is 0 Å². The average molecular weight is 309 g/mol. The minimum atomic E-state index is -0.104. The predicted octanol–water partition coefficient (Wildman–Crippen LogP) is 0.870. The molecular formula is C17H31N3O2. The average Bonchev–Trinajstić information content (AvgIpc) is 2.97. The summed E-state index contributed by atoms with van der Waals surface area (Å²) in [6.45, 7) is 3.77. The summed E-state index contributed by atoms with van der Waals surface area (Å²) in [5.74, 6) is 0.924. The number of rotatable bonds is 5. The summed E-state index contributed by atoms with van der Waals surface area (Å²) >= 11 is 0. The lowest BCUT2D eigenvalue weighted by Crippen LogP contribution is -2.44. The minimum absolute atomic E-state index is 0.0400. The van der Waals surface area contributed by atoms with Crippen molar-refractivity contribution in [2.45, 2.75) is 69.6 Å². The summed E-state index contributed by atoms with van der Waals surface area (Å²) in [5, 5.41) is 16.1. The highest BCUT2D eigenvalue weighted by atomic mass is 16.3. The van der Waals surface area contributed by atoms with Crippen molar-refractivity contribution in [1.29, 1.82) is 0 Å². The summed E-state index contributed by atoms with van der Waals surface area (Å²) in [6, 6.07) is 0.627. The first-order valence-corrected chi connectivity index (χ1v) is 9.16. The molecule has 1 amide bonds. The molecule has 3 fully saturated rings. The van der Waals surface area contributed by atoms with Crippen molar-refractivity contribution >= 4 is 5.91 Å². The number of amides is 1. The van der Waals surface area contributed by atoms with Gasteiger partial charge >= 0.3 is 0 Å². The Morgan fingerprint density at radius 2 is 1.95 bits per heavy atom. The van der Waals surface area contributed by atoms with Gasteiger partial charge in [0.1, 0.15) is 0 Å². The molecule has 1 saturated carbocycles. The van der Waals surface area contributed by atoms with E-state index in [4.69, 9.17) is 0 Å². The van der Waals surface area contributed by atoms with E-state index < -0.39 is 0 Å². The molecule has 3 aliphatic rings. The first-order chi connectivity index (χ1) is 10.7. The van der Waals surface area contributed by atoms with E-state index in [1.165, 1.54) is 25.7 Å². The molecule has 0 spiro atoms. The van der Waals surface area contributed by atoms with E-state index in [2.05, 4.69) is 15.5 Å². The Kier molecular flexibility index (Phi) is 5.71. The van der Waals surface area contributed by atoms with Crippen LogP contribution >= 0.6 is 0 Å². The third-order valence-corrected chi connectivity index (χ3v) is 5.69. The van der Waals surface area contributed by atoms with Crippen LogP contribution in [0.3, 0.4) is 0 Å². The number of nitrogens with zero attached hydrogens (tertiary/aromatic N) is 1. The maximum absolute atomic E-state index is 12.3. The van der Waals surface area contributed by atoms with Crippen LogP contribution in [0.4, 0.5) is 0 Å². The second-order valence-electron chi connectivity index (χ2n) is 7.32. The third-order valence-electron chi connectivity index (χ3n) is 5.69. The summed E-state index contributed by atoms with van der Waals surface area (Å²) in [7, 11) is 0. The Bertz CT molecular complexity index is 355. The number of hydrogen-bond donors (Lipinski definition) is 3. The van der Waals surface area contributed by atoms with Gasteiger partial charge in [-0.2, -0.15) is 0 Å². The number of piperidine rings is 1. The zero-order valence-electron chi connectivity index (χ0n) is 13.6. The van der Waals surface area contributed by atoms with Gasteiger partial charge in [0.2, 0.25) is 5.91 Å². The number of nitrogens with one attached hydrogen (secondary N) is 2. The third kappa shape index (κ3) is 4.21. The van der Waals surface area contributed by atoms with E-state index in [-0.39, 0.29) is 18.1 Å². The number of aliphatic hydroxyl groups is 1. The van der Waals surface area contributed by atoms with E-state index in [0.717, 1.165) is 57.8 Å². The molecule has 0 radical (unpaired) electrons. The number of carbonyl (C=O) groups is 1. The molecule has 5 nitrogen and oxygen atoms in total. The fraction of sp³-hybridized carbons (Fsp3) is 0.941. The van der Waals surface area contributed by atoms with Crippen LogP contribution in [0.15, 0.2) is 0 Å². The predicted molar refractivity (Wildman–Crippen MR) is 86.6 cm³/mol. The lowest BCUT2D eigenvalue weighted by Gasteiger charge is -2.29. The first-order valence-electron chi connectivity index (χ1n) is 9.16. The summed E-state index contributed by atoms with van der Waals surface area (Å²) in [6.07, 6.45) is 8.89. The Hall–Kier alpha value is -0.650. The zero-order valence-corrected chi connectivity index (χ0v) is 13.6. The van der Waals surface area contributed by atoms with E-state index in [1.807, 2.05) is 0 Å². The van der Waals surface area contributed by atoms with Crippen molar-refractivity contribution in [3.05, 3.63) is 0 Å². The van der Waals surface area contributed by atoms with Crippen LogP contribution in [0.1, 0.15) is 51.4 Å². The van der Waals surface area contributed by atoms with E-state index in [9.17, 15) is 9.90 Å². The Labute approximate surface area is 133 Å². The maximum atomic E-state index is 12.3. The highest BCUT2D eigenvalue weighted by Crippen LogP contribution is 2.33. The second kappa shape index (κ2) is 7.75. The van der Waals surface area contributed by atoms with Crippen molar-refractivity contribution in [2.75, 3.05) is 26.2 Å². The molecule has 2 aliphatic heterocycles. The van der Waals surface area contributed by atoms with Crippen LogP contribution in [0.25, 0.3) is 0 Å². The van der Waals surface area contributed by atoms with Crippen molar-refractivity contribution in [3.8, 4) is 0 Å². The van der Waals surface area contributed by atoms with Gasteiger partial charge in [-0.25, -0.2) is 0 Å². The molecule has 2 saturated heterocycles. The fourth-order valence-electron chi connectivity index (χ4n) is 4.30. The molecule has 5 heteroatoms. The lowest BCUT2D eigenvalue weighted by atomic mass is 9.85. The van der Waals surface area contributed by atoms with Gasteiger partial charge in [-0.15, -0.1) is 0 Å². The number of aliphatic hydroxyl groups excluding tert-OH is 1. The summed E-state index contributed by atoms with van der Waals surface area (Å²) in [5.41, 5.74) is 0. The van der Waals surface area contributed by atoms with E-state index >= 15 is 0 Å². The van der Waals surface area contributed by atoms with Crippen molar-refractivity contribution in [3.63, 3.8) is 0 Å². The lowest BCUT2D eigenvalue weighted by molar-refractivity contribution is -0.122. The molecule has 3 atom stereocenters. The maximum Gasteiger partial charge on any atom is 0.237 e. The molecule has 3 rings (SSSR count). The molecule has 1 aliphatic carbocycles. The molecule has 0 bridgehead atoms. The largest absolute Gasteiger partial charge is 0.393 e. The molecular weight excluding hydrogens is 278 g/mol. The van der Waals surface area contributed by atoms with Crippen LogP contribution < -0.4 is 10.6 Å². The molecule has 0 aromatic rings. The number of carbonyl (C=O) groups excluding carboxylic acids is 1. The van der Waals surface area contributed by atoms with Crippen molar-refractivity contribution in [2.24, 2.45) is 5.92 Å². The molecule has 3 N–H and O–H groups in total. The van der Waals surface area contributed by atoms with Gasteiger partial charge in [0.05, 0.1) is 12.1 Å². The quantitative estimate of drug-likeness (QED) is 0.660. The summed E-state index contributed by atoms with van der Waals surface area (Å²) < 4.78 is 0. The number of fused-ring (bicyclic) bond motifs is 1. The van der Waals surface area contributed by atoms with Gasteiger partial charge in [-0.1, -0.05) is 12.8 Å². The van der Waals surface area contributed by atoms with Gasteiger partial charge in [-0.3, -0.25) is 4.79 Å². The van der Waals surface area contributed by atoms with Crippen molar-refractivity contribution in [1.82, 2.24) is 15.5 Å². The molecule has 126 valence electrons. The van der Waals surface area contributed by atoms with Gasteiger partial charge in [-0.05, 0) is 51.0 Å². The first kappa shape index (κ1) is 16.2. The monoisotopic (exact) mass is 309 g/mol. The van der Waals surface area contributed by atoms with Gasteiger partial charge in [0.25, 0.3) is 0 Å². The van der Waals surface area contributed by atoms with Crippen molar-refractivity contribution < 1.29 is 9.90 Å². The van der Waals surface area contributed by atoms with Crippen LogP contribution in [0.2, 0.25) is 0 Å². The van der Waals surface area contributed by atoms with Crippen LogP contribution in [0, 0.1) is 5.92 Å². The molecule has 2 heterocycles. The highest BCUT2D eigenvalue weighted by molar-refractivity contribution is 5.82. The Balaban J connectivity index is 1.30. The van der Waals surface area contributed by atoms with Crippen LogP contribution in [-0.2, 0) is 4.79 Å². The van der Waals surface area contributed by atoms with E-state index in [0.29, 0.717) is 6.04 Å². The second-order valence-corrected chi connectivity index (χ2v) is 7.32. The number of hydrogen-bond acceptors (Lipinski definition) is 4. The standard InChI is InChI=1S/C17H31N3O2/c21-14-6-10-20(11-7-14)9-3-8-18-17(22)16-12-13-4-1-2-5-15(13)19-16/h13-16,19,21H,1-12H2,(H,18,22). The number of likely N-dealkylation sites (tertiary alicyclic amines) is 1. The van der Waals surface area contributed by atoms with Gasteiger partial charge < -0.3 is 20.6 Å². The summed E-state index contributed by atoms with van der Waals surface area (Å²) in [4.78, 5) is 14.7. The Morgan fingerprint density at radius 1 is 1.18 bits per heavy atom. The highest BCUT2D eigenvalue weighted by Gasteiger charge is 2.37. The SMILES string of the molecule is O=C(NCCCN1CCC(O)CC1)C1CC2CCCCC2N1. The minimum Gasteiger partial charge on any atom is -0.393 e.